The SMILES string of the molecule is O=C1[C@H]2[C@H](C(=O)N1/N=C\c1cc(I)c(O)c(I)c1)[C@H]1C=C[C@H]2CC1. The first-order valence-corrected chi connectivity index (χ1v) is 9.91. The average molecular weight is 548 g/mol. The topological polar surface area (TPSA) is 70.0 Å². The normalized spacial score (nSPS) is 31.3. The molecule has 4 aliphatic rings. The summed E-state index contributed by atoms with van der Waals surface area (Å²) in [5, 5.41) is 15.1. The second kappa shape index (κ2) is 6.08. The molecule has 0 spiro atoms. The number of imide groups is 1. The summed E-state index contributed by atoms with van der Waals surface area (Å²) in [6.45, 7) is 0. The largest absolute Gasteiger partial charge is 0.506 e. The number of phenols is 1. The molecule has 1 saturated carbocycles. The van der Waals surface area contributed by atoms with Crippen molar-refractivity contribution in [1.82, 2.24) is 5.01 Å². The maximum absolute atomic E-state index is 12.7. The van der Waals surface area contributed by atoms with Crippen molar-refractivity contribution in [2.45, 2.75) is 12.8 Å². The summed E-state index contributed by atoms with van der Waals surface area (Å²) >= 11 is 4.08. The van der Waals surface area contributed by atoms with E-state index in [0.717, 1.165) is 23.4 Å². The van der Waals surface area contributed by atoms with Crippen molar-refractivity contribution in [3.8, 4) is 5.75 Å². The van der Waals surface area contributed by atoms with E-state index in [1.807, 2.05) is 45.2 Å². The summed E-state index contributed by atoms with van der Waals surface area (Å²) in [6, 6.07) is 3.54. The van der Waals surface area contributed by atoms with Crippen LogP contribution in [0.5, 0.6) is 5.75 Å². The van der Waals surface area contributed by atoms with E-state index in [4.69, 9.17) is 0 Å². The van der Waals surface area contributed by atoms with Crippen molar-refractivity contribution < 1.29 is 14.7 Å². The maximum atomic E-state index is 12.7. The van der Waals surface area contributed by atoms with Gasteiger partial charge in [-0.3, -0.25) is 9.59 Å². The van der Waals surface area contributed by atoms with E-state index in [0.29, 0.717) is 7.14 Å². The molecule has 2 bridgehead atoms. The van der Waals surface area contributed by atoms with E-state index in [1.165, 1.54) is 6.21 Å². The lowest BCUT2D eigenvalue weighted by Gasteiger charge is -2.37. The van der Waals surface area contributed by atoms with Crippen LogP contribution in [0, 0.1) is 30.8 Å². The number of fused-ring (bicyclic) bond motifs is 1. The second-order valence-electron chi connectivity index (χ2n) is 6.41. The van der Waals surface area contributed by atoms with E-state index in [9.17, 15) is 14.7 Å². The Morgan fingerprint density at radius 3 is 2.00 bits per heavy atom. The zero-order valence-corrected chi connectivity index (χ0v) is 16.8. The van der Waals surface area contributed by atoms with Crippen LogP contribution in [-0.4, -0.2) is 28.1 Å². The summed E-state index contributed by atoms with van der Waals surface area (Å²) in [4.78, 5) is 25.3. The number of nitrogens with zero attached hydrogens (tertiary/aromatic N) is 2. The number of hydrogen-bond acceptors (Lipinski definition) is 4. The standard InChI is InChI=1S/C17H14I2N2O3/c18-11-5-8(6-12(19)15(11)22)7-20-21-16(23)13-9-1-2-10(4-3-9)14(13)17(21)24/h1-2,5-7,9-10,13-14,22H,3-4H2/b20-7-/t9-,10-,13+,14+/m0/s1. The molecule has 1 saturated heterocycles. The van der Waals surface area contributed by atoms with Gasteiger partial charge < -0.3 is 5.11 Å². The minimum Gasteiger partial charge on any atom is -0.506 e. The molecule has 0 unspecified atom stereocenters. The molecule has 1 aromatic rings. The van der Waals surface area contributed by atoms with Gasteiger partial charge in [-0.2, -0.15) is 10.1 Å². The van der Waals surface area contributed by atoms with Gasteiger partial charge in [0.2, 0.25) is 0 Å². The number of benzene rings is 1. The molecule has 1 N–H and O–H groups in total. The Kier molecular flexibility index (Phi) is 4.18. The zero-order chi connectivity index (χ0) is 17.0. The third kappa shape index (κ3) is 2.51. The fourth-order valence-electron chi connectivity index (χ4n) is 3.96. The van der Waals surface area contributed by atoms with Crippen molar-refractivity contribution in [2.24, 2.45) is 28.8 Å². The van der Waals surface area contributed by atoms with E-state index in [-0.39, 0.29) is 41.2 Å². The Hall–Kier alpha value is -0.970. The molecule has 1 aliphatic heterocycles. The lowest BCUT2D eigenvalue weighted by molar-refractivity contribution is -0.140. The number of halogens is 2. The van der Waals surface area contributed by atoms with Gasteiger partial charge in [0.1, 0.15) is 5.75 Å². The molecule has 1 heterocycles. The molecule has 4 atom stereocenters. The Morgan fingerprint density at radius 1 is 1.04 bits per heavy atom. The summed E-state index contributed by atoms with van der Waals surface area (Å²) < 4.78 is 1.41. The van der Waals surface area contributed by atoms with E-state index >= 15 is 0 Å². The van der Waals surface area contributed by atoms with Gasteiger partial charge in [-0.05, 0) is 87.6 Å². The number of carbonyl (C=O) groups is 2. The number of hydrogen-bond donors (Lipinski definition) is 1. The quantitative estimate of drug-likeness (QED) is 0.268. The average Bonchev–Trinajstić information content (AvgIpc) is 2.85. The van der Waals surface area contributed by atoms with Crippen LogP contribution >= 0.6 is 45.2 Å². The highest BCUT2D eigenvalue weighted by atomic mass is 127. The summed E-state index contributed by atoms with van der Waals surface area (Å²) in [5.41, 5.74) is 0.748. The van der Waals surface area contributed by atoms with Crippen LogP contribution in [0.2, 0.25) is 0 Å². The lowest BCUT2D eigenvalue weighted by atomic mass is 9.63. The molecule has 2 fully saturated rings. The molecule has 2 amide bonds. The maximum Gasteiger partial charge on any atom is 0.254 e. The number of amides is 2. The highest BCUT2D eigenvalue weighted by Crippen LogP contribution is 2.49. The Bertz CT molecular complexity index is 750. The molecule has 24 heavy (non-hydrogen) atoms. The molecule has 5 nitrogen and oxygen atoms in total. The van der Waals surface area contributed by atoms with Gasteiger partial charge in [0.15, 0.2) is 0 Å². The Labute approximate surface area is 166 Å². The Balaban J connectivity index is 1.62. The summed E-state index contributed by atoms with van der Waals surface area (Å²) in [5.74, 6) is -0.251. The summed E-state index contributed by atoms with van der Waals surface area (Å²) in [6.07, 6.45) is 7.67. The number of phenolic OH excluding ortho intramolecular Hbond substituents is 1. The predicted octanol–water partition coefficient (Wildman–Crippen LogP) is 3.13. The fraction of sp³-hybridized carbons (Fsp3) is 0.353. The van der Waals surface area contributed by atoms with Crippen molar-refractivity contribution in [3.05, 3.63) is 37.0 Å². The number of carbonyl (C=O) groups excluding carboxylic acids is 2. The van der Waals surface area contributed by atoms with Crippen LogP contribution in [0.1, 0.15) is 18.4 Å². The van der Waals surface area contributed by atoms with E-state index in [1.54, 1.807) is 12.1 Å². The van der Waals surface area contributed by atoms with Crippen molar-refractivity contribution >= 4 is 63.2 Å². The predicted molar refractivity (Wildman–Crippen MR) is 105 cm³/mol. The molecule has 5 rings (SSSR count). The second-order valence-corrected chi connectivity index (χ2v) is 8.73. The molecule has 124 valence electrons. The first-order chi connectivity index (χ1) is 11.5. The number of aromatic hydroxyl groups is 1. The molecule has 0 aromatic heterocycles. The molecule has 0 radical (unpaired) electrons. The lowest BCUT2D eigenvalue weighted by Crippen LogP contribution is -2.38. The number of hydrazone groups is 1. The van der Waals surface area contributed by atoms with Crippen LogP contribution in [0.3, 0.4) is 0 Å². The van der Waals surface area contributed by atoms with Crippen LogP contribution in [-0.2, 0) is 9.59 Å². The monoisotopic (exact) mass is 548 g/mol. The van der Waals surface area contributed by atoms with Crippen LogP contribution < -0.4 is 0 Å². The van der Waals surface area contributed by atoms with Crippen LogP contribution in [0.15, 0.2) is 29.4 Å². The van der Waals surface area contributed by atoms with Crippen molar-refractivity contribution in [1.29, 1.82) is 0 Å². The molecular weight excluding hydrogens is 534 g/mol. The van der Waals surface area contributed by atoms with Crippen molar-refractivity contribution in [3.63, 3.8) is 0 Å². The van der Waals surface area contributed by atoms with Gasteiger partial charge >= 0.3 is 0 Å². The first kappa shape index (κ1) is 16.5. The van der Waals surface area contributed by atoms with Crippen LogP contribution in [0.4, 0.5) is 0 Å². The first-order valence-electron chi connectivity index (χ1n) is 7.75. The molecule has 7 heteroatoms. The van der Waals surface area contributed by atoms with Gasteiger partial charge in [0.25, 0.3) is 11.8 Å². The minimum atomic E-state index is -0.238. The fourth-order valence-corrected chi connectivity index (χ4v) is 5.77. The van der Waals surface area contributed by atoms with Crippen LogP contribution in [0.25, 0.3) is 0 Å². The third-order valence-corrected chi connectivity index (χ3v) is 6.74. The smallest absolute Gasteiger partial charge is 0.254 e. The van der Waals surface area contributed by atoms with Gasteiger partial charge in [-0.15, -0.1) is 0 Å². The zero-order valence-electron chi connectivity index (χ0n) is 12.5. The number of rotatable bonds is 2. The van der Waals surface area contributed by atoms with Gasteiger partial charge in [0.05, 0.1) is 25.2 Å². The van der Waals surface area contributed by atoms with Gasteiger partial charge in [0, 0.05) is 0 Å². The molecule has 3 aliphatic carbocycles. The van der Waals surface area contributed by atoms with Crippen molar-refractivity contribution in [2.75, 3.05) is 0 Å². The summed E-state index contributed by atoms with van der Waals surface area (Å²) in [7, 11) is 0. The highest BCUT2D eigenvalue weighted by Gasteiger charge is 2.56. The third-order valence-electron chi connectivity index (χ3n) is 5.10. The van der Waals surface area contributed by atoms with Gasteiger partial charge in [-0.1, -0.05) is 12.2 Å². The van der Waals surface area contributed by atoms with E-state index in [2.05, 4.69) is 17.3 Å². The molecular formula is C17H14I2N2O3. The van der Waals surface area contributed by atoms with Gasteiger partial charge in [-0.25, -0.2) is 0 Å². The number of allylic oxidation sites excluding steroid dienone is 2. The minimum absolute atomic E-state index is 0.173. The highest BCUT2D eigenvalue weighted by molar-refractivity contribution is 14.1. The Morgan fingerprint density at radius 2 is 1.54 bits per heavy atom. The molecule has 1 aromatic carbocycles. The van der Waals surface area contributed by atoms with E-state index < -0.39 is 0 Å².